The van der Waals surface area contributed by atoms with E-state index in [1.165, 1.54) is 32.4 Å². The first-order valence-electron chi connectivity index (χ1n) is 4.74. The smallest absolute Gasteiger partial charge is 0.307 e. The van der Waals surface area contributed by atoms with E-state index in [1.54, 1.807) is 0 Å². The predicted octanol–water partition coefficient (Wildman–Crippen LogP) is 1.82. The largest absolute Gasteiger partial charge is 0.494 e. The monoisotopic (exact) mass is 263 g/mol. The second kappa shape index (κ2) is 7.09. The number of esters is 1. The number of hydrogen-bond donors (Lipinski definition) is 1. The zero-order valence-corrected chi connectivity index (χ0v) is 10.4. The van der Waals surface area contributed by atoms with Gasteiger partial charge in [0.2, 0.25) is 0 Å². The molecule has 0 fully saturated rings. The summed E-state index contributed by atoms with van der Waals surface area (Å²) < 4.78 is 22.4. The number of rotatable bonds is 4. The highest BCUT2D eigenvalue weighted by Gasteiger charge is 2.14. The van der Waals surface area contributed by atoms with E-state index >= 15 is 0 Å². The molecule has 0 saturated carbocycles. The minimum atomic E-state index is -0.526. The highest BCUT2D eigenvalue weighted by atomic mass is 35.5. The summed E-state index contributed by atoms with van der Waals surface area (Å²) in [5.74, 6) is -0.759. The van der Waals surface area contributed by atoms with E-state index in [2.05, 4.69) is 4.74 Å². The average Bonchev–Trinajstić information content (AvgIpc) is 2.29. The Balaban J connectivity index is 0.00000256. The van der Waals surface area contributed by atoms with Crippen LogP contribution in [0.15, 0.2) is 18.2 Å². The van der Waals surface area contributed by atoms with Gasteiger partial charge in [-0.3, -0.25) is 4.79 Å². The summed E-state index contributed by atoms with van der Waals surface area (Å²) in [4.78, 5) is 11.0. The van der Waals surface area contributed by atoms with Crippen molar-refractivity contribution in [3.05, 3.63) is 29.6 Å². The van der Waals surface area contributed by atoms with Crippen LogP contribution in [0.2, 0.25) is 0 Å². The Bertz CT molecular complexity index is 387. The third-order valence-electron chi connectivity index (χ3n) is 2.22. The van der Waals surface area contributed by atoms with Crippen molar-refractivity contribution in [3.8, 4) is 5.75 Å². The predicted molar refractivity (Wildman–Crippen MR) is 63.8 cm³/mol. The van der Waals surface area contributed by atoms with Crippen molar-refractivity contribution in [3.63, 3.8) is 0 Å². The fourth-order valence-electron chi connectivity index (χ4n) is 1.29. The van der Waals surface area contributed by atoms with E-state index in [0.717, 1.165) is 0 Å². The van der Waals surface area contributed by atoms with Gasteiger partial charge in [0.1, 0.15) is 0 Å². The third kappa shape index (κ3) is 4.20. The van der Waals surface area contributed by atoms with Crippen LogP contribution in [0.3, 0.4) is 0 Å². The third-order valence-corrected chi connectivity index (χ3v) is 2.22. The maximum absolute atomic E-state index is 13.1. The molecule has 0 aliphatic rings. The van der Waals surface area contributed by atoms with E-state index in [9.17, 15) is 9.18 Å². The molecule has 0 radical (unpaired) electrons. The van der Waals surface area contributed by atoms with Crippen LogP contribution in [0.25, 0.3) is 0 Å². The lowest BCUT2D eigenvalue weighted by atomic mass is 10.0. The Morgan fingerprint density at radius 2 is 2.12 bits per heavy atom. The van der Waals surface area contributed by atoms with E-state index in [4.69, 9.17) is 10.5 Å². The summed E-state index contributed by atoms with van der Waals surface area (Å²) in [6, 6.07) is 3.72. The molecule has 1 atom stereocenters. The van der Waals surface area contributed by atoms with Crippen LogP contribution in [-0.4, -0.2) is 20.2 Å². The van der Waals surface area contributed by atoms with Crippen LogP contribution in [0.1, 0.15) is 18.0 Å². The molecule has 1 aromatic carbocycles. The Kier molecular flexibility index (Phi) is 6.53. The van der Waals surface area contributed by atoms with Gasteiger partial charge in [-0.1, -0.05) is 6.07 Å². The standard InChI is InChI=1S/C11H14FNO3.ClH/c1-15-10-5-7(3-4-8(10)12)9(13)6-11(14)16-2;/h3-5,9H,6,13H2,1-2H3;1H/t9-;/m1./s1. The van der Waals surface area contributed by atoms with Gasteiger partial charge in [0.05, 0.1) is 20.6 Å². The highest BCUT2D eigenvalue weighted by molar-refractivity contribution is 5.85. The van der Waals surface area contributed by atoms with Gasteiger partial charge in [0.15, 0.2) is 11.6 Å². The number of halogens is 2. The van der Waals surface area contributed by atoms with Gasteiger partial charge in [-0.15, -0.1) is 12.4 Å². The zero-order chi connectivity index (χ0) is 12.1. The maximum atomic E-state index is 13.1. The summed E-state index contributed by atoms with van der Waals surface area (Å²) in [6.07, 6.45) is 0.0469. The van der Waals surface area contributed by atoms with Crippen LogP contribution < -0.4 is 10.5 Å². The molecule has 4 nitrogen and oxygen atoms in total. The van der Waals surface area contributed by atoms with Gasteiger partial charge in [-0.25, -0.2) is 4.39 Å². The minimum absolute atomic E-state index is 0. The molecule has 2 N–H and O–H groups in total. The van der Waals surface area contributed by atoms with E-state index < -0.39 is 17.8 Å². The molecule has 6 heteroatoms. The van der Waals surface area contributed by atoms with Gasteiger partial charge in [-0.2, -0.15) is 0 Å². The summed E-state index contributed by atoms with van der Waals surface area (Å²) >= 11 is 0. The molecular weight excluding hydrogens is 249 g/mol. The molecule has 0 bridgehead atoms. The Morgan fingerprint density at radius 3 is 2.65 bits per heavy atom. The first-order valence-corrected chi connectivity index (χ1v) is 4.74. The summed E-state index contributed by atoms with van der Waals surface area (Å²) in [7, 11) is 2.66. The molecule has 0 aliphatic heterocycles. The lowest BCUT2D eigenvalue weighted by Gasteiger charge is -2.12. The second-order valence-electron chi connectivity index (χ2n) is 3.28. The number of nitrogens with two attached hydrogens (primary N) is 1. The summed E-state index contributed by atoms with van der Waals surface area (Å²) in [6.45, 7) is 0. The van der Waals surface area contributed by atoms with Gasteiger partial charge in [0, 0.05) is 6.04 Å². The van der Waals surface area contributed by atoms with Gasteiger partial charge in [-0.05, 0) is 17.7 Å². The molecule has 17 heavy (non-hydrogen) atoms. The number of carbonyl (C=O) groups is 1. The minimum Gasteiger partial charge on any atom is -0.494 e. The first-order chi connectivity index (χ1) is 7.58. The van der Waals surface area contributed by atoms with Gasteiger partial charge < -0.3 is 15.2 Å². The quantitative estimate of drug-likeness (QED) is 0.842. The van der Waals surface area contributed by atoms with E-state index in [1.807, 2.05) is 0 Å². The SMILES string of the molecule is COC(=O)C[C@@H](N)c1ccc(F)c(OC)c1.Cl. The molecule has 0 saturated heterocycles. The first kappa shape index (κ1) is 15.7. The number of carbonyl (C=O) groups excluding carboxylic acids is 1. The molecule has 1 rings (SSSR count). The van der Waals surface area contributed by atoms with Gasteiger partial charge >= 0.3 is 5.97 Å². The average molecular weight is 264 g/mol. The van der Waals surface area contributed by atoms with Crippen LogP contribution in [0, 0.1) is 5.82 Å². The van der Waals surface area contributed by atoms with Crippen molar-refractivity contribution in [2.75, 3.05) is 14.2 Å². The summed E-state index contributed by atoms with van der Waals surface area (Å²) in [5.41, 5.74) is 6.39. The number of methoxy groups -OCH3 is 2. The van der Waals surface area contributed by atoms with Crippen molar-refractivity contribution in [1.29, 1.82) is 0 Å². The Labute approximate surface area is 105 Å². The molecule has 0 spiro atoms. The fraction of sp³-hybridized carbons (Fsp3) is 0.364. The van der Waals surface area contributed by atoms with Crippen LogP contribution in [0.5, 0.6) is 5.75 Å². The Hall–Kier alpha value is -1.33. The molecule has 96 valence electrons. The van der Waals surface area contributed by atoms with E-state index in [0.29, 0.717) is 5.56 Å². The van der Waals surface area contributed by atoms with Crippen LogP contribution in [-0.2, 0) is 9.53 Å². The molecule has 0 amide bonds. The second-order valence-corrected chi connectivity index (χ2v) is 3.28. The Morgan fingerprint density at radius 1 is 1.47 bits per heavy atom. The molecular formula is C11H15ClFNO3. The fourth-order valence-corrected chi connectivity index (χ4v) is 1.29. The molecule has 0 heterocycles. The van der Waals surface area contributed by atoms with Crippen molar-refractivity contribution in [1.82, 2.24) is 0 Å². The number of ether oxygens (including phenoxy) is 2. The van der Waals surface area contributed by atoms with Crippen molar-refractivity contribution in [2.45, 2.75) is 12.5 Å². The summed E-state index contributed by atoms with van der Waals surface area (Å²) in [5, 5.41) is 0. The van der Waals surface area contributed by atoms with Gasteiger partial charge in [0.25, 0.3) is 0 Å². The van der Waals surface area contributed by atoms with Crippen LogP contribution >= 0.6 is 12.4 Å². The maximum Gasteiger partial charge on any atom is 0.307 e. The van der Waals surface area contributed by atoms with Crippen molar-refractivity contribution in [2.24, 2.45) is 5.73 Å². The van der Waals surface area contributed by atoms with E-state index in [-0.39, 0.29) is 24.6 Å². The van der Waals surface area contributed by atoms with Crippen molar-refractivity contribution >= 4 is 18.4 Å². The molecule has 0 aromatic heterocycles. The molecule has 0 aliphatic carbocycles. The molecule has 1 aromatic rings. The normalized spacial score (nSPS) is 11.3. The lowest BCUT2D eigenvalue weighted by molar-refractivity contribution is -0.141. The number of hydrogen-bond acceptors (Lipinski definition) is 4. The zero-order valence-electron chi connectivity index (χ0n) is 9.60. The molecule has 0 unspecified atom stereocenters. The topological polar surface area (TPSA) is 61.5 Å². The van der Waals surface area contributed by atoms with Crippen molar-refractivity contribution < 1.29 is 18.7 Å². The highest BCUT2D eigenvalue weighted by Crippen LogP contribution is 2.23. The van der Waals surface area contributed by atoms with Crippen LogP contribution in [0.4, 0.5) is 4.39 Å². The number of benzene rings is 1. The lowest BCUT2D eigenvalue weighted by Crippen LogP contribution is -2.16.